The summed E-state index contributed by atoms with van der Waals surface area (Å²) in [5, 5.41) is 26.1. The van der Waals surface area contributed by atoms with Crippen LogP contribution in [0.2, 0.25) is 5.02 Å². The molecule has 29 heavy (non-hydrogen) atoms. The minimum atomic E-state index is -0.744. The molecule has 0 aliphatic heterocycles. The molecule has 0 atom stereocenters. The topological polar surface area (TPSA) is 129 Å². The minimum absolute atomic E-state index is 0.0121. The molecule has 0 aliphatic rings. The van der Waals surface area contributed by atoms with Crippen molar-refractivity contribution in [2.24, 2.45) is 5.10 Å². The van der Waals surface area contributed by atoms with Crippen molar-refractivity contribution in [3.63, 3.8) is 0 Å². The van der Waals surface area contributed by atoms with Gasteiger partial charge in [0.1, 0.15) is 12.3 Å². The second kappa shape index (κ2) is 9.91. The molecule has 10 nitrogen and oxygen atoms in total. The fourth-order valence-electron chi connectivity index (χ4n) is 2.23. The number of nitro benzene ring substituents is 2. The first-order valence-corrected chi connectivity index (χ1v) is 8.49. The van der Waals surface area contributed by atoms with E-state index in [1.165, 1.54) is 12.3 Å². The van der Waals surface area contributed by atoms with Crippen molar-refractivity contribution in [2.75, 3.05) is 18.6 Å². The van der Waals surface area contributed by atoms with Crippen molar-refractivity contribution in [1.82, 2.24) is 0 Å². The Kier molecular flexibility index (Phi) is 7.33. The van der Waals surface area contributed by atoms with Crippen LogP contribution in [0.5, 0.6) is 11.5 Å². The Hall–Kier alpha value is -3.84. The summed E-state index contributed by atoms with van der Waals surface area (Å²) in [7, 11) is 0. The van der Waals surface area contributed by atoms with Crippen LogP contribution in [-0.2, 0) is 0 Å². The van der Waals surface area contributed by atoms with E-state index < -0.39 is 21.2 Å². The summed E-state index contributed by atoms with van der Waals surface area (Å²) in [6.45, 7) is 2.16. The molecule has 0 fully saturated rings. The number of anilines is 1. The van der Waals surface area contributed by atoms with E-state index in [4.69, 9.17) is 27.5 Å². The van der Waals surface area contributed by atoms with Crippen LogP contribution in [0.3, 0.4) is 0 Å². The van der Waals surface area contributed by atoms with Gasteiger partial charge < -0.3 is 9.47 Å². The molecule has 0 amide bonds. The van der Waals surface area contributed by atoms with Gasteiger partial charge in [-0.25, -0.2) is 0 Å². The van der Waals surface area contributed by atoms with Gasteiger partial charge in [0, 0.05) is 6.07 Å². The van der Waals surface area contributed by atoms with E-state index in [1.807, 2.05) is 0 Å². The van der Waals surface area contributed by atoms with Gasteiger partial charge in [0.05, 0.1) is 33.8 Å². The van der Waals surface area contributed by atoms with Gasteiger partial charge in [-0.1, -0.05) is 17.5 Å². The van der Waals surface area contributed by atoms with E-state index in [2.05, 4.69) is 16.4 Å². The third-order valence-corrected chi connectivity index (χ3v) is 3.70. The number of halogens is 1. The molecule has 0 heterocycles. The molecular formula is C18H15ClN4O6. The van der Waals surface area contributed by atoms with E-state index >= 15 is 0 Å². The average molecular weight is 419 g/mol. The Balaban J connectivity index is 2.27. The number of terminal acetylenes is 1. The van der Waals surface area contributed by atoms with Gasteiger partial charge in [-0.15, -0.1) is 6.42 Å². The number of nitrogens with zero attached hydrogens (tertiary/aromatic N) is 3. The van der Waals surface area contributed by atoms with Crippen LogP contribution >= 0.6 is 11.6 Å². The minimum Gasteiger partial charge on any atom is -0.490 e. The Morgan fingerprint density at radius 1 is 1.24 bits per heavy atom. The van der Waals surface area contributed by atoms with Gasteiger partial charge in [0.2, 0.25) is 0 Å². The van der Waals surface area contributed by atoms with Crippen molar-refractivity contribution >= 4 is 34.9 Å². The van der Waals surface area contributed by atoms with E-state index in [1.54, 1.807) is 19.1 Å². The summed E-state index contributed by atoms with van der Waals surface area (Å²) in [6.07, 6.45) is 6.54. The number of non-ortho nitro benzene ring substituents is 1. The Labute approximate surface area is 170 Å². The number of hydrogen-bond acceptors (Lipinski definition) is 8. The molecule has 0 spiro atoms. The summed E-state index contributed by atoms with van der Waals surface area (Å²) >= 11 is 6.21. The molecule has 0 aliphatic carbocycles. The highest BCUT2D eigenvalue weighted by Crippen LogP contribution is 2.36. The Morgan fingerprint density at radius 2 is 2.00 bits per heavy atom. The molecule has 11 heteroatoms. The first-order valence-electron chi connectivity index (χ1n) is 8.11. The van der Waals surface area contributed by atoms with Crippen LogP contribution in [0.25, 0.3) is 0 Å². The lowest BCUT2D eigenvalue weighted by molar-refractivity contribution is -0.393. The summed E-state index contributed by atoms with van der Waals surface area (Å²) in [6, 6.07) is 6.33. The summed E-state index contributed by atoms with van der Waals surface area (Å²) in [5.74, 6) is 2.99. The van der Waals surface area contributed by atoms with E-state index in [0.717, 1.165) is 12.1 Å². The molecule has 2 aromatic carbocycles. The van der Waals surface area contributed by atoms with Crippen molar-refractivity contribution in [2.45, 2.75) is 6.92 Å². The van der Waals surface area contributed by atoms with E-state index in [9.17, 15) is 20.2 Å². The maximum atomic E-state index is 11.1. The van der Waals surface area contributed by atoms with Crippen LogP contribution in [0.1, 0.15) is 12.5 Å². The monoisotopic (exact) mass is 418 g/mol. The van der Waals surface area contributed by atoms with Crippen molar-refractivity contribution < 1.29 is 19.3 Å². The summed E-state index contributed by atoms with van der Waals surface area (Å²) in [4.78, 5) is 20.5. The molecule has 150 valence electrons. The number of nitrogens with one attached hydrogen (secondary N) is 1. The van der Waals surface area contributed by atoms with Crippen LogP contribution in [-0.4, -0.2) is 29.3 Å². The van der Waals surface area contributed by atoms with Crippen LogP contribution < -0.4 is 14.9 Å². The lowest BCUT2D eigenvalue weighted by atomic mass is 10.2. The number of benzene rings is 2. The number of rotatable bonds is 9. The summed E-state index contributed by atoms with van der Waals surface area (Å²) in [5.41, 5.74) is 2.11. The largest absolute Gasteiger partial charge is 0.490 e. The quantitative estimate of drug-likeness (QED) is 0.282. The van der Waals surface area contributed by atoms with Gasteiger partial charge in [-0.3, -0.25) is 25.7 Å². The standard InChI is InChI=1S/C18H15ClN4O6/c1-3-7-29-18-14(19)8-12(9-17(18)28-4-2)11-20-21-15-6-5-13(22(24)25)10-16(15)23(26)27/h1,5-6,8-11,21H,4,7H2,2H3. The normalized spacial score (nSPS) is 10.4. The molecule has 1 N–H and O–H groups in total. The molecule has 0 unspecified atom stereocenters. The molecule has 0 aromatic heterocycles. The van der Waals surface area contributed by atoms with Crippen molar-refractivity contribution in [3.8, 4) is 23.8 Å². The van der Waals surface area contributed by atoms with Gasteiger partial charge in [-0.2, -0.15) is 5.10 Å². The van der Waals surface area contributed by atoms with Gasteiger partial charge in [-0.05, 0) is 30.7 Å². The average Bonchev–Trinajstić information content (AvgIpc) is 2.67. The zero-order chi connectivity index (χ0) is 21.4. The van der Waals surface area contributed by atoms with E-state index in [-0.39, 0.29) is 17.3 Å². The predicted molar refractivity (Wildman–Crippen MR) is 108 cm³/mol. The second-order valence-electron chi connectivity index (χ2n) is 5.34. The zero-order valence-electron chi connectivity index (χ0n) is 15.1. The fourth-order valence-corrected chi connectivity index (χ4v) is 2.51. The molecule has 0 saturated heterocycles. The van der Waals surface area contributed by atoms with Gasteiger partial charge in [0.25, 0.3) is 5.69 Å². The highest BCUT2D eigenvalue weighted by Gasteiger charge is 2.19. The highest BCUT2D eigenvalue weighted by molar-refractivity contribution is 6.32. The Morgan fingerprint density at radius 3 is 2.62 bits per heavy atom. The smallest absolute Gasteiger partial charge is 0.301 e. The number of hydrogen-bond donors (Lipinski definition) is 1. The van der Waals surface area contributed by atoms with Crippen molar-refractivity contribution in [1.29, 1.82) is 0 Å². The van der Waals surface area contributed by atoms with Gasteiger partial charge >= 0.3 is 5.69 Å². The maximum Gasteiger partial charge on any atom is 0.301 e. The predicted octanol–water partition coefficient (Wildman–Crippen LogP) is 4.01. The number of nitro groups is 2. The molecule has 0 bridgehead atoms. The van der Waals surface area contributed by atoms with Crippen LogP contribution in [0, 0.1) is 32.6 Å². The fraction of sp³-hybridized carbons (Fsp3) is 0.167. The van der Waals surface area contributed by atoms with E-state index in [0.29, 0.717) is 23.7 Å². The highest BCUT2D eigenvalue weighted by atomic mass is 35.5. The molecule has 2 aromatic rings. The maximum absolute atomic E-state index is 11.1. The molecular weight excluding hydrogens is 404 g/mol. The first kappa shape index (κ1) is 21.5. The van der Waals surface area contributed by atoms with Gasteiger partial charge in [0.15, 0.2) is 11.5 Å². The lowest BCUT2D eigenvalue weighted by Gasteiger charge is -2.12. The van der Waals surface area contributed by atoms with Crippen LogP contribution in [0.4, 0.5) is 17.1 Å². The molecule has 2 rings (SSSR count). The zero-order valence-corrected chi connectivity index (χ0v) is 15.9. The Bertz CT molecular complexity index is 1000. The third-order valence-electron chi connectivity index (χ3n) is 3.42. The number of ether oxygens (including phenoxy) is 2. The first-order chi connectivity index (χ1) is 13.9. The SMILES string of the molecule is C#CCOc1c(Cl)cc(C=NNc2ccc([N+](=O)[O-])cc2[N+](=O)[O-])cc1OCC. The number of hydrazone groups is 1. The molecule has 0 saturated carbocycles. The second-order valence-corrected chi connectivity index (χ2v) is 5.75. The lowest BCUT2D eigenvalue weighted by Crippen LogP contribution is -2.01. The summed E-state index contributed by atoms with van der Waals surface area (Å²) < 4.78 is 10.9. The molecule has 0 radical (unpaired) electrons. The third kappa shape index (κ3) is 5.57. The van der Waals surface area contributed by atoms with Crippen molar-refractivity contribution in [3.05, 3.63) is 61.1 Å². The van der Waals surface area contributed by atoms with Crippen LogP contribution in [0.15, 0.2) is 35.4 Å².